The van der Waals surface area contributed by atoms with E-state index >= 15 is 0 Å². The van der Waals surface area contributed by atoms with Gasteiger partial charge in [0, 0.05) is 13.1 Å². The normalized spacial score (nSPS) is 14.7. The Morgan fingerprint density at radius 2 is 2.14 bits per heavy atom. The molecule has 5 heteroatoms. The highest BCUT2D eigenvalue weighted by Gasteiger charge is 2.33. The first-order chi connectivity index (χ1) is 6.52. The highest BCUT2D eigenvalue weighted by Crippen LogP contribution is 2.25. The number of hydrogen-bond donors (Lipinski definition) is 0. The van der Waals surface area contributed by atoms with Gasteiger partial charge in [-0.05, 0) is 12.8 Å². The van der Waals surface area contributed by atoms with E-state index in [9.17, 15) is 14.0 Å². The second-order valence-corrected chi connectivity index (χ2v) is 3.24. The van der Waals surface area contributed by atoms with E-state index in [1.54, 1.807) is 0 Å². The van der Waals surface area contributed by atoms with Crippen LogP contribution < -0.4 is 0 Å². The van der Waals surface area contributed by atoms with Crippen LogP contribution in [0.5, 0.6) is 0 Å². The Balaban J connectivity index is 2.35. The number of rotatable bonds is 3. The highest BCUT2D eigenvalue weighted by atomic mass is 19.1. The zero-order valence-corrected chi connectivity index (χ0v) is 7.96. The van der Waals surface area contributed by atoms with Crippen molar-refractivity contribution in [3.63, 3.8) is 0 Å². The first kappa shape index (κ1) is 10.7. The van der Waals surface area contributed by atoms with E-state index in [2.05, 4.69) is 11.3 Å². The fourth-order valence-electron chi connectivity index (χ4n) is 0.977. The van der Waals surface area contributed by atoms with Crippen LogP contribution in [0.2, 0.25) is 0 Å². The number of nitrogens with zero attached hydrogens (tertiary/aromatic N) is 1. The minimum Gasteiger partial charge on any atom is -0.451 e. The summed E-state index contributed by atoms with van der Waals surface area (Å²) in [6.45, 7) is 2.36. The van der Waals surface area contributed by atoms with Crippen LogP contribution in [0, 0.1) is 0 Å². The molecule has 1 amide bonds. The lowest BCUT2D eigenvalue weighted by molar-refractivity contribution is -0.159. The highest BCUT2D eigenvalue weighted by molar-refractivity contribution is 6.32. The van der Waals surface area contributed by atoms with Gasteiger partial charge in [0.2, 0.25) is 0 Å². The molecular formula is C9H12FNO3. The molecule has 0 heterocycles. The molecular weight excluding hydrogens is 189 g/mol. The predicted molar refractivity (Wildman–Crippen MR) is 47.0 cm³/mol. The lowest BCUT2D eigenvalue weighted by atomic mass is 10.5. The van der Waals surface area contributed by atoms with Crippen molar-refractivity contribution in [2.75, 3.05) is 13.7 Å². The molecule has 1 rings (SSSR count). The second kappa shape index (κ2) is 4.21. The summed E-state index contributed by atoms with van der Waals surface area (Å²) in [6, 6.07) is 0.142. The van der Waals surface area contributed by atoms with Gasteiger partial charge in [0.15, 0.2) is 0 Å². The zero-order valence-electron chi connectivity index (χ0n) is 7.96. The first-order valence-corrected chi connectivity index (χ1v) is 4.29. The number of carbonyl (C=O) groups excluding carboxylic acids is 2. The molecule has 1 aliphatic rings. The summed E-state index contributed by atoms with van der Waals surface area (Å²) in [6.07, 6.45) is 1.82. The van der Waals surface area contributed by atoms with Gasteiger partial charge in [0.1, 0.15) is 12.4 Å². The zero-order chi connectivity index (χ0) is 10.7. The molecule has 1 saturated carbocycles. The fourth-order valence-corrected chi connectivity index (χ4v) is 0.977. The van der Waals surface area contributed by atoms with Crippen LogP contribution in [-0.4, -0.2) is 36.5 Å². The minimum absolute atomic E-state index is 0.142. The summed E-state index contributed by atoms with van der Waals surface area (Å²) in [5.41, 5.74) is 0. The minimum atomic E-state index is -1.03. The van der Waals surface area contributed by atoms with Crippen LogP contribution in [0.15, 0.2) is 12.4 Å². The Labute approximate surface area is 81.3 Å². The van der Waals surface area contributed by atoms with Gasteiger partial charge in [-0.25, -0.2) is 9.18 Å². The van der Waals surface area contributed by atoms with Crippen LogP contribution in [0.1, 0.15) is 12.8 Å². The Morgan fingerprint density at radius 3 is 2.57 bits per heavy atom. The molecule has 78 valence electrons. The first-order valence-electron chi connectivity index (χ1n) is 4.29. The van der Waals surface area contributed by atoms with E-state index in [1.165, 1.54) is 11.9 Å². The van der Waals surface area contributed by atoms with E-state index < -0.39 is 24.3 Å². The second-order valence-electron chi connectivity index (χ2n) is 3.24. The van der Waals surface area contributed by atoms with Crippen LogP contribution in [0.4, 0.5) is 4.39 Å². The van der Waals surface area contributed by atoms with Crippen molar-refractivity contribution in [3.8, 4) is 0 Å². The van der Waals surface area contributed by atoms with Gasteiger partial charge in [-0.1, -0.05) is 6.58 Å². The van der Waals surface area contributed by atoms with Gasteiger partial charge in [0.25, 0.3) is 0 Å². The average Bonchev–Trinajstić information content (AvgIpc) is 2.94. The summed E-state index contributed by atoms with van der Waals surface area (Å²) in [5, 5.41) is 0. The molecule has 4 nitrogen and oxygen atoms in total. The molecule has 0 radical (unpaired) electrons. The third-order valence-electron chi connectivity index (χ3n) is 1.95. The van der Waals surface area contributed by atoms with Crippen molar-refractivity contribution >= 4 is 11.9 Å². The molecule has 0 aromatic carbocycles. The maximum atomic E-state index is 12.1. The van der Waals surface area contributed by atoms with Crippen molar-refractivity contribution in [1.29, 1.82) is 0 Å². The third kappa shape index (κ3) is 2.83. The van der Waals surface area contributed by atoms with E-state index in [-0.39, 0.29) is 6.04 Å². The number of likely N-dealkylation sites (N-methyl/N-ethyl adjacent to an activating group) is 1. The monoisotopic (exact) mass is 201 g/mol. The topological polar surface area (TPSA) is 46.6 Å². The van der Waals surface area contributed by atoms with Gasteiger partial charge in [0.05, 0.1) is 0 Å². The summed E-state index contributed by atoms with van der Waals surface area (Å²) in [5.74, 6) is -2.54. The smallest absolute Gasteiger partial charge is 0.397 e. The molecule has 0 saturated heterocycles. The number of ether oxygens (including phenoxy) is 1. The number of esters is 1. The Kier molecular flexibility index (Phi) is 3.22. The number of carbonyl (C=O) groups is 2. The van der Waals surface area contributed by atoms with E-state index in [0.29, 0.717) is 0 Å². The van der Waals surface area contributed by atoms with Gasteiger partial charge < -0.3 is 9.64 Å². The molecule has 0 spiro atoms. The maximum absolute atomic E-state index is 12.1. The molecule has 0 bridgehead atoms. The fraction of sp³-hybridized carbons (Fsp3) is 0.556. The van der Waals surface area contributed by atoms with Crippen molar-refractivity contribution in [3.05, 3.63) is 12.4 Å². The van der Waals surface area contributed by atoms with E-state index in [0.717, 1.165) is 12.8 Å². The summed E-state index contributed by atoms with van der Waals surface area (Å²) in [7, 11) is 1.53. The Hall–Kier alpha value is -1.39. The van der Waals surface area contributed by atoms with Crippen molar-refractivity contribution < 1.29 is 18.7 Å². The molecule has 0 unspecified atom stereocenters. The van der Waals surface area contributed by atoms with Gasteiger partial charge in [-0.15, -0.1) is 0 Å². The number of amides is 1. The lowest BCUT2D eigenvalue weighted by Crippen LogP contribution is -2.36. The largest absolute Gasteiger partial charge is 0.451 e. The van der Waals surface area contributed by atoms with Crippen LogP contribution in [-0.2, 0) is 14.3 Å². The molecule has 0 N–H and O–H groups in total. The average molecular weight is 201 g/mol. The molecule has 1 fully saturated rings. The van der Waals surface area contributed by atoms with Gasteiger partial charge >= 0.3 is 11.9 Å². The van der Waals surface area contributed by atoms with Crippen LogP contribution in [0.3, 0.4) is 0 Å². The van der Waals surface area contributed by atoms with E-state index in [1.807, 2.05) is 0 Å². The Morgan fingerprint density at radius 1 is 1.57 bits per heavy atom. The Bertz CT molecular complexity index is 273. The summed E-state index contributed by atoms with van der Waals surface area (Å²) in [4.78, 5) is 23.6. The number of halogens is 1. The molecule has 14 heavy (non-hydrogen) atoms. The van der Waals surface area contributed by atoms with E-state index in [4.69, 9.17) is 0 Å². The quantitative estimate of drug-likeness (QED) is 0.497. The lowest BCUT2D eigenvalue weighted by Gasteiger charge is -2.14. The van der Waals surface area contributed by atoms with Gasteiger partial charge in [-0.3, -0.25) is 4.79 Å². The van der Waals surface area contributed by atoms with Crippen molar-refractivity contribution in [1.82, 2.24) is 4.90 Å². The number of hydrogen-bond acceptors (Lipinski definition) is 3. The molecule has 0 aromatic rings. The standard InChI is InChI=1S/C9H12FNO3/c1-6(10)5-14-9(13)8(12)11(2)7-3-4-7/h7H,1,3-5H2,2H3. The SMILES string of the molecule is C=C(F)COC(=O)C(=O)N(C)C1CC1. The van der Waals surface area contributed by atoms with Crippen LogP contribution in [0.25, 0.3) is 0 Å². The van der Waals surface area contributed by atoms with Crippen molar-refractivity contribution in [2.24, 2.45) is 0 Å². The third-order valence-corrected chi connectivity index (χ3v) is 1.95. The maximum Gasteiger partial charge on any atom is 0.397 e. The molecule has 1 aliphatic carbocycles. The van der Waals surface area contributed by atoms with Crippen LogP contribution >= 0.6 is 0 Å². The van der Waals surface area contributed by atoms with Gasteiger partial charge in [-0.2, -0.15) is 0 Å². The predicted octanol–water partition coefficient (Wildman–Crippen LogP) is 0.634. The molecule has 0 atom stereocenters. The summed E-state index contributed by atoms with van der Waals surface area (Å²) >= 11 is 0. The molecule has 0 aliphatic heterocycles. The van der Waals surface area contributed by atoms with Crippen molar-refractivity contribution in [2.45, 2.75) is 18.9 Å². The molecule has 0 aromatic heterocycles. The summed E-state index contributed by atoms with van der Waals surface area (Å²) < 4.78 is 16.5.